The Morgan fingerprint density at radius 1 is 1.18 bits per heavy atom. The van der Waals surface area contributed by atoms with E-state index >= 15 is 0 Å². The first kappa shape index (κ1) is 18.6. The first-order valence-electron chi connectivity index (χ1n) is 9.83. The molecule has 2 heterocycles. The van der Waals surface area contributed by atoms with Crippen molar-refractivity contribution in [3.8, 4) is 5.75 Å². The smallest absolute Gasteiger partial charge is 0.287 e. The highest BCUT2D eigenvalue weighted by Gasteiger charge is 2.21. The number of hydrogen-bond acceptors (Lipinski definition) is 4. The van der Waals surface area contributed by atoms with Crippen LogP contribution in [0.25, 0.3) is 11.0 Å². The molecule has 5 heteroatoms. The molecule has 0 saturated carbocycles. The van der Waals surface area contributed by atoms with Crippen LogP contribution in [-0.2, 0) is 6.54 Å². The fraction of sp³-hybridized carbons (Fsp3) is 0.348. The number of furan rings is 1. The third-order valence-corrected chi connectivity index (χ3v) is 5.42. The van der Waals surface area contributed by atoms with Gasteiger partial charge in [0.1, 0.15) is 0 Å². The van der Waals surface area contributed by atoms with E-state index in [0.29, 0.717) is 17.1 Å². The predicted octanol–water partition coefficient (Wildman–Crippen LogP) is 4.53. The second kappa shape index (κ2) is 8.07. The average Bonchev–Trinajstić information content (AvgIpc) is 3.39. The van der Waals surface area contributed by atoms with Crippen molar-refractivity contribution in [2.45, 2.75) is 32.4 Å². The van der Waals surface area contributed by atoms with Crippen LogP contribution >= 0.6 is 0 Å². The fourth-order valence-electron chi connectivity index (χ4n) is 3.84. The molecule has 5 nitrogen and oxygen atoms in total. The van der Waals surface area contributed by atoms with E-state index in [9.17, 15) is 4.79 Å². The van der Waals surface area contributed by atoms with Gasteiger partial charge in [-0.15, -0.1) is 0 Å². The third-order valence-electron chi connectivity index (χ3n) is 5.42. The Morgan fingerprint density at radius 3 is 2.64 bits per heavy atom. The number of hydrogen-bond donors (Lipinski definition) is 1. The van der Waals surface area contributed by atoms with Gasteiger partial charge in [0.2, 0.25) is 0 Å². The second-order valence-electron chi connectivity index (χ2n) is 7.37. The van der Waals surface area contributed by atoms with Gasteiger partial charge in [-0.05, 0) is 56.1 Å². The van der Waals surface area contributed by atoms with Crippen molar-refractivity contribution in [3.63, 3.8) is 0 Å². The molecule has 0 spiro atoms. The van der Waals surface area contributed by atoms with Gasteiger partial charge in [0.05, 0.1) is 13.2 Å². The summed E-state index contributed by atoms with van der Waals surface area (Å²) in [6, 6.07) is 15.6. The Morgan fingerprint density at radius 2 is 1.93 bits per heavy atom. The minimum Gasteiger partial charge on any atom is -0.493 e. The number of carbonyl (C=O) groups excluding carboxylic acids is 1. The fourth-order valence-corrected chi connectivity index (χ4v) is 3.84. The molecule has 0 aliphatic carbocycles. The lowest BCUT2D eigenvalue weighted by Crippen LogP contribution is -2.26. The molecule has 1 atom stereocenters. The molecule has 1 N–H and O–H groups in total. The molecule has 1 saturated heterocycles. The van der Waals surface area contributed by atoms with E-state index in [2.05, 4.69) is 16.3 Å². The van der Waals surface area contributed by atoms with Crippen LogP contribution in [0.2, 0.25) is 0 Å². The molecule has 2 aromatic carbocycles. The zero-order chi connectivity index (χ0) is 19.5. The monoisotopic (exact) mass is 378 g/mol. The lowest BCUT2D eigenvalue weighted by Gasteiger charge is -2.15. The van der Waals surface area contributed by atoms with Gasteiger partial charge in [0.15, 0.2) is 17.1 Å². The molecule has 0 bridgehead atoms. The van der Waals surface area contributed by atoms with Gasteiger partial charge in [0.25, 0.3) is 5.91 Å². The molecule has 146 valence electrons. The molecule has 4 rings (SSSR count). The van der Waals surface area contributed by atoms with Gasteiger partial charge in [-0.1, -0.05) is 36.4 Å². The third kappa shape index (κ3) is 3.76. The Balaban J connectivity index is 1.61. The Hall–Kier alpha value is -2.79. The number of nitrogens with zero attached hydrogens (tertiary/aromatic N) is 1. The quantitative estimate of drug-likeness (QED) is 0.685. The Bertz CT molecular complexity index is 959. The summed E-state index contributed by atoms with van der Waals surface area (Å²) in [6.07, 6.45) is 2.49. The Labute approximate surface area is 165 Å². The SMILES string of the molecule is COc1ccc(CN2CCCC2)c2cc(C(=O)N[C@@H](C)c3ccccc3)oc12. The highest BCUT2D eigenvalue weighted by Crippen LogP contribution is 2.33. The summed E-state index contributed by atoms with van der Waals surface area (Å²) in [7, 11) is 1.62. The maximum atomic E-state index is 12.8. The van der Waals surface area contributed by atoms with Crippen molar-refractivity contribution in [1.29, 1.82) is 0 Å². The number of nitrogens with one attached hydrogen (secondary N) is 1. The van der Waals surface area contributed by atoms with E-state index in [0.717, 1.165) is 36.1 Å². The minimum atomic E-state index is -0.221. The maximum absolute atomic E-state index is 12.8. The zero-order valence-electron chi connectivity index (χ0n) is 16.4. The standard InChI is InChI=1S/C23H26N2O3/c1-16(17-8-4-3-5-9-17)24-23(26)21-14-19-18(15-25-12-6-7-13-25)10-11-20(27-2)22(19)28-21/h3-5,8-11,14,16H,6-7,12-13,15H2,1-2H3,(H,24,26)/t16-/m0/s1. The highest BCUT2D eigenvalue weighted by molar-refractivity contribution is 5.98. The lowest BCUT2D eigenvalue weighted by atomic mass is 10.1. The molecule has 0 radical (unpaired) electrons. The second-order valence-corrected chi connectivity index (χ2v) is 7.37. The molecule has 28 heavy (non-hydrogen) atoms. The number of fused-ring (bicyclic) bond motifs is 1. The number of carbonyl (C=O) groups is 1. The summed E-state index contributed by atoms with van der Waals surface area (Å²) in [4.78, 5) is 15.2. The molecule has 1 aromatic heterocycles. The summed E-state index contributed by atoms with van der Waals surface area (Å²) >= 11 is 0. The summed E-state index contributed by atoms with van der Waals surface area (Å²) < 4.78 is 11.4. The molecule has 3 aromatic rings. The molecule has 1 aliphatic rings. The van der Waals surface area contributed by atoms with Crippen molar-refractivity contribution in [2.75, 3.05) is 20.2 Å². The van der Waals surface area contributed by atoms with Crippen LogP contribution in [0, 0.1) is 0 Å². The number of likely N-dealkylation sites (tertiary alicyclic amines) is 1. The highest BCUT2D eigenvalue weighted by atomic mass is 16.5. The normalized spacial score (nSPS) is 15.6. The molecule has 1 amide bonds. The summed E-state index contributed by atoms with van der Waals surface area (Å²) in [5.74, 6) is 0.738. The number of amides is 1. The van der Waals surface area contributed by atoms with E-state index in [-0.39, 0.29) is 11.9 Å². The summed E-state index contributed by atoms with van der Waals surface area (Å²) in [5, 5.41) is 3.97. The van der Waals surface area contributed by atoms with Crippen molar-refractivity contribution in [1.82, 2.24) is 10.2 Å². The molecule has 1 fully saturated rings. The van der Waals surface area contributed by atoms with Gasteiger partial charge in [-0.2, -0.15) is 0 Å². The van der Waals surface area contributed by atoms with E-state index in [1.807, 2.05) is 49.4 Å². The van der Waals surface area contributed by atoms with Crippen molar-refractivity contribution in [3.05, 3.63) is 65.4 Å². The topological polar surface area (TPSA) is 54.7 Å². The zero-order valence-corrected chi connectivity index (χ0v) is 16.4. The van der Waals surface area contributed by atoms with Crippen LogP contribution < -0.4 is 10.1 Å². The van der Waals surface area contributed by atoms with Crippen molar-refractivity contribution in [2.24, 2.45) is 0 Å². The van der Waals surface area contributed by atoms with Crippen LogP contribution in [-0.4, -0.2) is 31.0 Å². The average molecular weight is 378 g/mol. The predicted molar refractivity (Wildman–Crippen MR) is 110 cm³/mol. The van der Waals surface area contributed by atoms with E-state index < -0.39 is 0 Å². The van der Waals surface area contributed by atoms with Gasteiger partial charge in [-0.3, -0.25) is 9.69 Å². The van der Waals surface area contributed by atoms with Crippen LogP contribution in [0.5, 0.6) is 5.75 Å². The molecule has 1 aliphatic heterocycles. The summed E-state index contributed by atoms with van der Waals surface area (Å²) in [6.45, 7) is 5.07. The number of benzene rings is 2. The largest absolute Gasteiger partial charge is 0.493 e. The van der Waals surface area contributed by atoms with Crippen LogP contribution in [0.3, 0.4) is 0 Å². The number of rotatable bonds is 6. The van der Waals surface area contributed by atoms with Crippen LogP contribution in [0.1, 0.15) is 47.5 Å². The van der Waals surface area contributed by atoms with Gasteiger partial charge in [0, 0.05) is 11.9 Å². The van der Waals surface area contributed by atoms with Gasteiger partial charge in [-0.25, -0.2) is 0 Å². The Kier molecular flexibility index (Phi) is 5.35. The van der Waals surface area contributed by atoms with Gasteiger partial charge >= 0.3 is 0 Å². The summed E-state index contributed by atoms with van der Waals surface area (Å²) in [5.41, 5.74) is 2.85. The lowest BCUT2D eigenvalue weighted by molar-refractivity contribution is 0.0914. The van der Waals surface area contributed by atoms with E-state index in [4.69, 9.17) is 9.15 Å². The molecular weight excluding hydrogens is 352 g/mol. The first-order valence-corrected chi connectivity index (χ1v) is 9.83. The van der Waals surface area contributed by atoms with Crippen LogP contribution in [0.4, 0.5) is 0 Å². The van der Waals surface area contributed by atoms with Crippen LogP contribution in [0.15, 0.2) is 52.9 Å². The van der Waals surface area contributed by atoms with Gasteiger partial charge < -0.3 is 14.5 Å². The number of methoxy groups -OCH3 is 1. The van der Waals surface area contributed by atoms with E-state index in [1.54, 1.807) is 7.11 Å². The minimum absolute atomic E-state index is 0.104. The molecule has 0 unspecified atom stereocenters. The van der Waals surface area contributed by atoms with E-state index in [1.165, 1.54) is 12.8 Å². The van der Waals surface area contributed by atoms with Crippen molar-refractivity contribution >= 4 is 16.9 Å². The van der Waals surface area contributed by atoms with Crippen molar-refractivity contribution < 1.29 is 13.9 Å². The number of ether oxygens (including phenoxy) is 1. The maximum Gasteiger partial charge on any atom is 0.287 e. The molecular formula is C23H26N2O3. The first-order chi connectivity index (χ1) is 13.7.